The van der Waals surface area contributed by atoms with E-state index >= 15 is 0 Å². The molecule has 0 saturated heterocycles. The summed E-state index contributed by atoms with van der Waals surface area (Å²) < 4.78 is 5.08. The van der Waals surface area contributed by atoms with Gasteiger partial charge in [-0.2, -0.15) is 0 Å². The van der Waals surface area contributed by atoms with Crippen LogP contribution in [0.3, 0.4) is 0 Å². The molecule has 1 unspecified atom stereocenters. The van der Waals surface area contributed by atoms with E-state index in [2.05, 4.69) is 6.66 Å². The Morgan fingerprint density at radius 3 is 3.12 bits per heavy atom. The van der Waals surface area contributed by atoms with Crippen molar-refractivity contribution >= 4 is 8.58 Å². The highest BCUT2D eigenvalue weighted by Crippen LogP contribution is 2.13. The molecule has 1 aromatic rings. The zero-order chi connectivity index (χ0) is 5.82. The number of hydrogen-bond donors (Lipinski definition) is 0. The molecule has 0 aliphatic rings. The molecule has 0 spiro atoms. The molecule has 0 amide bonds. The van der Waals surface area contributed by atoms with Gasteiger partial charge in [0.2, 0.25) is 0 Å². The third-order valence-electron chi connectivity index (χ3n) is 0.931. The molecule has 2 heteroatoms. The fourth-order valence-corrected chi connectivity index (χ4v) is 1.14. The van der Waals surface area contributed by atoms with Crippen molar-refractivity contribution in [2.24, 2.45) is 0 Å². The molecule has 0 aliphatic carbocycles. The van der Waals surface area contributed by atoms with Crippen LogP contribution in [0.5, 0.6) is 0 Å². The summed E-state index contributed by atoms with van der Waals surface area (Å²) in [5, 5.41) is 0. The largest absolute Gasteiger partial charge is 0.469 e. The molecule has 0 aliphatic heterocycles. The van der Waals surface area contributed by atoms with E-state index in [4.69, 9.17) is 4.42 Å². The van der Waals surface area contributed by atoms with Gasteiger partial charge >= 0.3 is 0 Å². The van der Waals surface area contributed by atoms with E-state index in [1.54, 1.807) is 6.26 Å². The molecule has 1 rings (SSSR count). The van der Waals surface area contributed by atoms with Crippen LogP contribution in [0.2, 0.25) is 0 Å². The molecule has 1 atom stereocenters. The standard InChI is InChI=1S/C6H9OP/c1-8-5-6-3-2-4-7-6/h2-4,8H,5H2,1H3. The molecule has 0 aromatic carbocycles. The second-order valence-corrected chi connectivity index (χ2v) is 2.67. The molecule has 0 radical (unpaired) electrons. The van der Waals surface area contributed by atoms with E-state index in [1.807, 2.05) is 12.1 Å². The van der Waals surface area contributed by atoms with E-state index in [1.165, 1.54) is 0 Å². The minimum Gasteiger partial charge on any atom is -0.469 e. The van der Waals surface area contributed by atoms with Crippen LogP contribution < -0.4 is 0 Å². The lowest BCUT2D eigenvalue weighted by Gasteiger charge is -1.86. The summed E-state index contributed by atoms with van der Waals surface area (Å²) in [4.78, 5) is 0. The fraction of sp³-hybridized carbons (Fsp3) is 0.333. The maximum Gasteiger partial charge on any atom is 0.107 e. The highest BCUT2D eigenvalue weighted by molar-refractivity contribution is 7.36. The van der Waals surface area contributed by atoms with Crippen molar-refractivity contribution in [2.45, 2.75) is 6.16 Å². The number of hydrogen-bond acceptors (Lipinski definition) is 1. The average Bonchev–Trinajstić information content (AvgIpc) is 2.19. The first-order valence-electron chi connectivity index (χ1n) is 2.60. The lowest BCUT2D eigenvalue weighted by molar-refractivity contribution is 0.530. The molecule has 0 saturated carbocycles. The van der Waals surface area contributed by atoms with E-state index in [-0.39, 0.29) is 0 Å². The van der Waals surface area contributed by atoms with E-state index in [0.717, 1.165) is 20.5 Å². The Bertz CT molecular complexity index is 134. The Hall–Kier alpha value is -0.290. The Kier molecular flexibility index (Phi) is 2.11. The SMILES string of the molecule is CPCc1ccco1. The van der Waals surface area contributed by atoms with Crippen LogP contribution >= 0.6 is 8.58 Å². The highest BCUT2D eigenvalue weighted by Gasteiger charge is 1.88. The van der Waals surface area contributed by atoms with Crippen molar-refractivity contribution in [2.75, 3.05) is 6.66 Å². The van der Waals surface area contributed by atoms with Gasteiger partial charge in [0.1, 0.15) is 5.76 Å². The molecule has 8 heavy (non-hydrogen) atoms. The smallest absolute Gasteiger partial charge is 0.107 e. The molecule has 0 bridgehead atoms. The zero-order valence-corrected chi connectivity index (χ0v) is 5.85. The van der Waals surface area contributed by atoms with Gasteiger partial charge in [0, 0.05) is 6.16 Å². The number of rotatable bonds is 2. The Balaban J connectivity index is 2.50. The maximum absolute atomic E-state index is 5.08. The first-order valence-corrected chi connectivity index (χ1v) is 4.31. The molecule has 44 valence electrons. The van der Waals surface area contributed by atoms with E-state index in [0.29, 0.717) is 0 Å². The summed E-state index contributed by atoms with van der Waals surface area (Å²) in [5.41, 5.74) is 0. The van der Waals surface area contributed by atoms with Crippen molar-refractivity contribution in [3.63, 3.8) is 0 Å². The molecule has 0 N–H and O–H groups in total. The monoisotopic (exact) mass is 128 g/mol. The molecular formula is C6H9OP. The predicted molar refractivity (Wildman–Crippen MR) is 36.7 cm³/mol. The maximum atomic E-state index is 5.08. The van der Waals surface area contributed by atoms with Gasteiger partial charge in [0.05, 0.1) is 6.26 Å². The average molecular weight is 128 g/mol. The van der Waals surface area contributed by atoms with Crippen molar-refractivity contribution in [1.29, 1.82) is 0 Å². The first kappa shape index (κ1) is 5.84. The van der Waals surface area contributed by atoms with Crippen LogP contribution in [0.4, 0.5) is 0 Å². The van der Waals surface area contributed by atoms with Crippen LogP contribution in [0.15, 0.2) is 22.8 Å². The summed E-state index contributed by atoms with van der Waals surface area (Å²) in [6, 6.07) is 3.94. The van der Waals surface area contributed by atoms with Crippen molar-refractivity contribution < 1.29 is 4.42 Å². The topological polar surface area (TPSA) is 13.1 Å². The van der Waals surface area contributed by atoms with Crippen LogP contribution in [-0.2, 0) is 6.16 Å². The van der Waals surface area contributed by atoms with Gasteiger partial charge in [-0.05, 0) is 18.8 Å². The second kappa shape index (κ2) is 2.88. The minimum absolute atomic E-state index is 0.958. The fourth-order valence-electron chi connectivity index (χ4n) is 0.587. The van der Waals surface area contributed by atoms with E-state index < -0.39 is 0 Å². The lowest BCUT2D eigenvalue weighted by Crippen LogP contribution is -1.66. The van der Waals surface area contributed by atoms with Gasteiger partial charge in [-0.25, -0.2) is 0 Å². The number of furan rings is 1. The van der Waals surface area contributed by atoms with Crippen molar-refractivity contribution in [3.05, 3.63) is 24.2 Å². The van der Waals surface area contributed by atoms with Crippen molar-refractivity contribution in [3.8, 4) is 0 Å². The Labute approximate surface area is 50.9 Å². The Morgan fingerprint density at radius 1 is 1.75 bits per heavy atom. The third-order valence-corrected chi connectivity index (χ3v) is 1.63. The highest BCUT2D eigenvalue weighted by atomic mass is 31.1. The Morgan fingerprint density at radius 2 is 2.62 bits per heavy atom. The van der Waals surface area contributed by atoms with Crippen LogP contribution in [-0.4, -0.2) is 6.66 Å². The summed E-state index contributed by atoms with van der Waals surface area (Å²) in [5.74, 6) is 1.10. The zero-order valence-electron chi connectivity index (χ0n) is 4.85. The van der Waals surface area contributed by atoms with Crippen molar-refractivity contribution in [1.82, 2.24) is 0 Å². The van der Waals surface area contributed by atoms with Crippen LogP contribution in [0.25, 0.3) is 0 Å². The molecule has 1 heterocycles. The lowest BCUT2D eigenvalue weighted by atomic mass is 10.5. The van der Waals surface area contributed by atoms with Gasteiger partial charge < -0.3 is 4.42 Å². The normalized spacial score (nSPS) is 11.1. The summed E-state index contributed by atoms with van der Waals surface area (Å²) >= 11 is 0. The third kappa shape index (κ3) is 1.34. The van der Waals surface area contributed by atoms with Crippen LogP contribution in [0, 0.1) is 0 Å². The predicted octanol–water partition coefficient (Wildman–Crippen LogP) is 2.09. The summed E-state index contributed by atoms with van der Waals surface area (Å²) in [6.07, 6.45) is 2.81. The van der Waals surface area contributed by atoms with Gasteiger partial charge in [-0.15, -0.1) is 8.58 Å². The molecule has 1 nitrogen and oxygen atoms in total. The molecule has 0 fully saturated rings. The molecular weight excluding hydrogens is 119 g/mol. The quantitative estimate of drug-likeness (QED) is 0.556. The van der Waals surface area contributed by atoms with Crippen LogP contribution in [0.1, 0.15) is 5.76 Å². The van der Waals surface area contributed by atoms with E-state index in [9.17, 15) is 0 Å². The van der Waals surface area contributed by atoms with Gasteiger partial charge in [0.15, 0.2) is 0 Å². The van der Waals surface area contributed by atoms with Gasteiger partial charge in [-0.1, -0.05) is 0 Å². The summed E-state index contributed by atoms with van der Waals surface area (Å²) in [6.45, 7) is 2.17. The minimum atomic E-state index is 0.958. The molecule has 1 aromatic heterocycles. The van der Waals surface area contributed by atoms with Gasteiger partial charge in [0.25, 0.3) is 0 Å². The van der Waals surface area contributed by atoms with Gasteiger partial charge in [-0.3, -0.25) is 0 Å². The summed E-state index contributed by atoms with van der Waals surface area (Å²) in [7, 11) is 0.958. The second-order valence-electron chi connectivity index (χ2n) is 1.61. The first-order chi connectivity index (χ1) is 3.93.